The lowest BCUT2D eigenvalue weighted by atomic mass is 9.69. The van der Waals surface area contributed by atoms with E-state index in [0.29, 0.717) is 10.4 Å². The molecule has 8 heteroatoms. The van der Waals surface area contributed by atoms with Gasteiger partial charge in [-0.15, -0.1) is 0 Å². The minimum atomic E-state index is -0.940. The predicted molar refractivity (Wildman–Crippen MR) is 132 cm³/mol. The average molecular weight is 482 g/mol. The van der Waals surface area contributed by atoms with Gasteiger partial charge in [-0.3, -0.25) is 9.93 Å². The second-order valence-corrected chi connectivity index (χ2v) is 9.31. The highest BCUT2D eigenvalue weighted by atomic mass is 32.2. The van der Waals surface area contributed by atoms with Crippen LogP contribution in [0.5, 0.6) is 5.75 Å². The average Bonchev–Trinajstić information content (AvgIpc) is 2.82. The number of benzene rings is 1. The van der Waals surface area contributed by atoms with Crippen LogP contribution >= 0.6 is 11.9 Å². The van der Waals surface area contributed by atoms with Crippen LogP contribution in [0.15, 0.2) is 41.6 Å². The molecule has 3 rings (SSSR count). The van der Waals surface area contributed by atoms with Crippen LogP contribution in [-0.2, 0) is 4.79 Å². The molecule has 0 radical (unpaired) electrons. The van der Waals surface area contributed by atoms with E-state index in [1.165, 1.54) is 19.2 Å². The molecule has 0 spiro atoms. The van der Waals surface area contributed by atoms with Gasteiger partial charge in [0, 0.05) is 17.8 Å². The van der Waals surface area contributed by atoms with Crippen LogP contribution in [0.4, 0.5) is 14.5 Å². The Morgan fingerprint density at radius 2 is 1.79 bits per heavy atom. The van der Waals surface area contributed by atoms with E-state index in [0.717, 1.165) is 55.3 Å². The first-order chi connectivity index (χ1) is 15.7. The van der Waals surface area contributed by atoms with E-state index in [9.17, 15) is 13.6 Å². The number of rotatable bonds is 4. The largest absolute Gasteiger partial charge is 0.494 e. The van der Waals surface area contributed by atoms with Crippen molar-refractivity contribution in [1.82, 2.24) is 4.98 Å². The first-order valence-electron chi connectivity index (χ1n) is 11.3. The molecule has 1 aromatic carbocycles. The third-order valence-electron chi connectivity index (χ3n) is 5.58. The lowest BCUT2D eigenvalue weighted by Crippen LogP contribution is -2.31. The molecule has 184 valence electrons. The summed E-state index contributed by atoms with van der Waals surface area (Å²) in [6, 6.07) is 7.40. The molecule has 3 N–H and O–H groups in total. The molecule has 0 atom stereocenters. The van der Waals surface area contributed by atoms with Gasteiger partial charge in [-0.2, -0.15) is 4.39 Å². The van der Waals surface area contributed by atoms with Gasteiger partial charge in [0.15, 0.2) is 11.6 Å². The molecule has 0 bridgehead atoms. The highest BCUT2D eigenvalue weighted by Crippen LogP contribution is 2.40. The van der Waals surface area contributed by atoms with Crippen molar-refractivity contribution in [3.63, 3.8) is 0 Å². The number of pyridine rings is 1. The van der Waals surface area contributed by atoms with Crippen molar-refractivity contribution in [2.45, 2.75) is 65.3 Å². The number of halogens is 2. The highest BCUT2D eigenvalue weighted by molar-refractivity contribution is 7.97. The van der Waals surface area contributed by atoms with Crippen LogP contribution < -0.4 is 15.2 Å². The quantitative estimate of drug-likeness (QED) is 0.468. The Morgan fingerprint density at radius 1 is 1.15 bits per heavy atom. The van der Waals surface area contributed by atoms with Crippen LogP contribution in [-0.4, -0.2) is 18.0 Å². The Balaban J connectivity index is 0.000000380. The first kappa shape index (κ1) is 28.8. The van der Waals surface area contributed by atoms with Crippen molar-refractivity contribution in [3.05, 3.63) is 48.2 Å². The predicted octanol–water partition coefficient (Wildman–Crippen LogP) is 6.84. The first-order valence-corrected chi connectivity index (χ1v) is 12.1. The normalized spacial score (nSPS) is 17.6. The molecule has 0 unspecified atom stereocenters. The Labute approximate surface area is 201 Å². The molecule has 1 aromatic heterocycles. The minimum absolute atomic E-state index is 0.0694. The lowest BCUT2D eigenvalue weighted by Gasteiger charge is -2.36. The number of amides is 1. The van der Waals surface area contributed by atoms with Gasteiger partial charge < -0.3 is 10.1 Å². The van der Waals surface area contributed by atoms with E-state index in [4.69, 9.17) is 5.14 Å². The van der Waals surface area contributed by atoms with Crippen molar-refractivity contribution in [2.24, 2.45) is 22.4 Å². The molecule has 33 heavy (non-hydrogen) atoms. The number of aromatic nitrogens is 1. The molecular weight excluding hydrogens is 444 g/mol. The number of methoxy groups -OCH3 is 1. The van der Waals surface area contributed by atoms with Gasteiger partial charge in [0.25, 0.3) is 0 Å². The third kappa shape index (κ3) is 9.29. The molecule has 0 saturated heterocycles. The summed E-state index contributed by atoms with van der Waals surface area (Å²) in [5.74, 6) is -0.917. The fourth-order valence-corrected chi connectivity index (χ4v) is 3.98. The van der Waals surface area contributed by atoms with E-state index >= 15 is 0 Å². The molecule has 1 amide bonds. The lowest BCUT2D eigenvalue weighted by molar-refractivity contribution is -0.121. The Kier molecular flexibility index (Phi) is 12.4. The van der Waals surface area contributed by atoms with Gasteiger partial charge in [-0.25, -0.2) is 9.37 Å². The van der Waals surface area contributed by atoms with Gasteiger partial charge in [-0.05, 0) is 73.2 Å². The van der Waals surface area contributed by atoms with Gasteiger partial charge in [-0.1, -0.05) is 40.7 Å². The molecule has 1 aliphatic carbocycles. The maximum absolute atomic E-state index is 12.5. The Morgan fingerprint density at radius 3 is 2.30 bits per heavy atom. The van der Waals surface area contributed by atoms with Gasteiger partial charge in [0.05, 0.1) is 7.11 Å². The number of hydrogen-bond donors (Lipinski definition) is 2. The fourth-order valence-electron chi connectivity index (χ4n) is 3.66. The number of ether oxygens (including phenoxy) is 1. The molecule has 1 fully saturated rings. The molecule has 0 aliphatic heterocycles. The van der Waals surface area contributed by atoms with E-state index in [1.54, 1.807) is 12.3 Å². The van der Waals surface area contributed by atoms with Gasteiger partial charge >= 0.3 is 0 Å². The van der Waals surface area contributed by atoms with Gasteiger partial charge in [0.2, 0.25) is 11.7 Å². The molecule has 5 nitrogen and oxygen atoms in total. The van der Waals surface area contributed by atoms with Gasteiger partial charge in [0.1, 0.15) is 5.03 Å². The molecule has 1 aliphatic rings. The van der Waals surface area contributed by atoms with E-state index < -0.39 is 11.6 Å². The zero-order chi connectivity index (χ0) is 25.0. The number of carbonyl (C=O) groups is 1. The van der Waals surface area contributed by atoms with Crippen molar-refractivity contribution in [3.8, 4) is 5.75 Å². The summed E-state index contributed by atoms with van der Waals surface area (Å²) in [4.78, 5) is 16.5. The SMILES string of the molecule is CC.CC(C)(C)C1CCC(C(=O)Nc2ccnc(SN)c2)CC1.COc1cccc(F)c1F. The van der Waals surface area contributed by atoms with Crippen LogP contribution in [0.3, 0.4) is 0 Å². The zero-order valence-corrected chi connectivity index (χ0v) is 21.3. The molecule has 1 heterocycles. The second kappa shape index (κ2) is 14.2. The summed E-state index contributed by atoms with van der Waals surface area (Å²) >= 11 is 1.09. The third-order valence-corrected chi connectivity index (χ3v) is 6.05. The summed E-state index contributed by atoms with van der Waals surface area (Å²) in [7, 11) is 1.29. The Bertz CT molecular complexity index is 867. The van der Waals surface area contributed by atoms with Crippen molar-refractivity contribution < 1.29 is 18.3 Å². The zero-order valence-electron chi connectivity index (χ0n) is 20.5. The van der Waals surface area contributed by atoms with Crippen LogP contribution in [0.25, 0.3) is 0 Å². The van der Waals surface area contributed by atoms with E-state index in [2.05, 4.69) is 35.8 Å². The van der Waals surface area contributed by atoms with E-state index in [-0.39, 0.29) is 17.6 Å². The summed E-state index contributed by atoms with van der Waals surface area (Å²) in [6.07, 6.45) is 5.92. The van der Waals surface area contributed by atoms with Crippen LogP contribution in [0.2, 0.25) is 0 Å². The second-order valence-electron chi connectivity index (χ2n) is 8.66. The summed E-state index contributed by atoms with van der Waals surface area (Å²) in [6.45, 7) is 10.9. The number of hydrogen-bond acceptors (Lipinski definition) is 5. The fraction of sp³-hybridized carbons (Fsp3) is 0.520. The Hall–Kier alpha value is -2.19. The summed E-state index contributed by atoms with van der Waals surface area (Å²) in [5.41, 5.74) is 1.13. The number of anilines is 1. The van der Waals surface area contributed by atoms with Crippen LogP contribution in [0, 0.1) is 28.9 Å². The monoisotopic (exact) mass is 481 g/mol. The van der Waals surface area contributed by atoms with Crippen molar-refractivity contribution in [2.75, 3.05) is 12.4 Å². The van der Waals surface area contributed by atoms with Crippen LogP contribution in [0.1, 0.15) is 60.3 Å². The number of nitrogens with one attached hydrogen (secondary N) is 1. The summed E-state index contributed by atoms with van der Waals surface area (Å²) in [5, 5.41) is 9.19. The maximum atomic E-state index is 12.5. The van der Waals surface area contributed by atoms with E-state index in [1.807, 2.05) is 19.9 Å². The number of carbonyl (C=O) groups excluding carboxylic acids is 1. The maximum Gasteiger partial charge on any atom is 0.227 e. The smallest absolute Gasteiger partial charge is 0.227 e. The van der Waals surface area contributed by atoms with Crippen molar-refractivity contribution in [1.29, 1.82) is 0 Å². The molecule has 1 saturated carbocycles. The number of nitrogens with zero attached hydrogens (tertiary/aromatic N) is 1. The number of nitrogens with two attached hydrogens (primary N) is 1. The summed E-state index contributed by atoms with van der Waals surface area (Å²) < 4.78 is 29.3. The topological polar surface area (TPSA) is 77.2 Å². The standard InChI is InChI=1S/C16H25N3OS.C7H6F2O.C2H6/c1-16(2,3)12-6-4-11(5-7-12)15(20)19-13-8-9-18-14(10-13)21-17;1-10-6-4-2-3-5(8)7(6)9;1-2/h8-12H,4-7,17H2,1-3H3,(H,18,19,20);2-4H,1H3;1-2H3. The minimum Gasteiger partial charge on any atom is -0.494 e. The highest BCUT2D eigenvalue weighted by Gasteiger charge is 2.32. The molecule has 2 aromatic rings. The van der Waals surface area contributed by atoms with Crippen molar-refractivity contribution >= 4 is 23.5 Å². The molecular formula is C25H37F2N3O2S.